The highest BCUT2D eigenvalue weighted by molar-refractivity contribution is 7.99. The molecule has 24 heavy (non-hydrogen) atoms. The van der Waals surface area contributed by atoms with Gasteiger partial charge >= 0.3 is 0 Å². The Hall–Kier alpha value is -2.02. The van der Waals surface area contributed by atoms with E-state index in [1.165, 1.54) is 0 Å². The van der Waals surface area contributed by atoms with E-state index in [1.54, 1.807) is 33.7 Å². The summed E-state index contributed by atoms with van der Waals surface area (Å²) in [4.78, 5) is 39.9. The second kappa shape index (κ2) is 6.84. The van der Waals surface area contributed by atoms with Crippen LogP contribution in [0.5, 0.6) is 0 Å². The summed E-state index contributed by atoms with van der Waals surface area (Å²) in [6.07, 6.45) is 0. The van der Waals surface area contributed by atoms with Crippen molar-refractivity contribution in [3.8, 4) is 0 Å². The van der Waals surface area contributed by atoms with Gasteiger partial charge in [0.25, 0.3) is 5.91 Å². The van der Waals surface area contributed by atoms with Crippen molar-refractivity contribution in [2.45, 2.75) is 32.5 Å². The van der Waals surface area contributed by atoms with Gasteiger partial charge in [0, 0.05) is 23.9 Å². The van der Waals surface area contributed by atoms with Gasteiger partial charge in [-0.3, -0.25) is 14.4 Å². The molecule has 2 heterocycles. The number of carbonyl (C=O) groups excluding carboxylic acids is 3. The maximum absolute atomic E-state index is 12.5. The predicted molar refractivity (Wildman–Crippen MR) is 92.4 cm³/mol. The molecule has 1 N–H and O–H groups in total. The molecule has 6 nitrogen and oxygen atoms in total. The number of benzene rings is 1. The van der Waals surface area contributed by atoms with E-state index < -0.39 is 0 Å². The number of fused-ring (bicyclic) bond motifs is 1. The van der Waals surface area contributed by atoms with Gasteiger partial charge in [-0.1, -0.05) is 12.1 Å². The van der Waals surface area contributed by atoms with Gasteiger partial charge in [0.05, 0.1) is 5.88 Å². The molecule has 0 aromatic heterocycles. The van der Waals surface area contributed by atoms with Gasteiger partial charge in [-0.15, -0.1) is 11.8 Å². The number of hydrogen-bond donors (Lipinski definition) is 1. The Morgan fingerprint density at radius 3 is 2.67 bits per heavy atom. The maximum Gasteiger partial charge on any atom is 0.251 e. The van der Waals surface area contributed by atoms with E-state index >= 15 is 0 Å². The molecule has 2 aliphatic heterocycles. The number of hydrogen-bond acceptors (Lipinski definition) is 4. The summed E-state index contributed by atoms with van der Waals surface area (Å²) < 4.78 is 0. The lowest BCUT2D eigenvalue weighted by Crippen LogP contribution is -2.57. The summed E-state index contributed by atoms with van der Waals surface area (Å²) >= 11 is 1.62. The van der Waals surface area contributed by atoms with Crippen LogP contribution in [0.1, 0.15) is 29.8 Å². The Morgan fingerprint density at radius 2 is 2.00 bits per heavy atom. The Labute approximate surface area is 145 Å². The van der Waals surface area contributed by atoms with Crippen molar-refractivity contribution in [1.82, 2.24) is 15.1 Å². The van der Waals surface area contributed by atoms with Crippen LogP contribution in [-0.2, 0) is 16.1 Å². The fourth-order valence-corrected chi connectivity index (χ4v) is 4.07. The third-order valence-corrected chi connectivity index (χ3v) is 5.15. The van der Waals surface area contributed by atoms with Gasteiger partial charge in [0.2, 0.25) is 11.8 Å². The summed E-state index contributed by atoms with van der Waals surface area (Å²) in [6, 6.07) is 6.95. The van der Waals surface area contributed by atoms with Crippen LogP contribution in [0.15, 0.2) is 24.3 Å². The number of thioether (sulfide) groups is 1. The zero-order valence-electron chi connectivity index (χ0n) is 13.8. The summed E-state index contributed by atoms with van der Waals surface area (Å²) in [6.45, 7) is 4.35. The summed E-state index contributed by atoms with van der Waals surface area (Å²) in [5.41, 5.74) is 1.50. The first-order valence-electron chi connectivity index (χ1n) is 8.01. The molecule has 2 aliphatic rings. The normalized spacial score (nSPS) is 20.5. The standard InChI is InChI=1S/C17H21N3O3S/c1-11(2)18-16(22)13-5-3-12(4-6-13)7-19-8-15(21)20-10-24-9-14(20)17(19)23/h3-6,11,14H,7-10H2,1-2H3,(H,18,22)/t14-/m0/s1. The SMILES string of the molecule is CC(C)NC(=O)c1ccc(CN2CC(=O)N3CSC[C@H]3C2=O)cc1. The van der Waals surface area contributed by atoms with Crippen LogP contribution >= 0.6 is 11.8 Å². The van der Waals surface area contributed by atoms with Crippen molar-refractivity contribution in [2.75, 3.05) is 18.2 Å². The molecule has 0 radical (unpaired) electrons. The molecule has 7 heteroatoms. The van der Waals surface area contributed by atoms with Gasteiger partial charge in [0.1, 0.15) is 12.6 Å². The highest BCUT2D eigenvalue weighted by atomic mass is 32.2. The fourth-order valence-electron chi connectivity index (χ4n) is 2.90. The fraction of sp³-hybridized carbons (Fsp3) is 0.471. The van der Waals surface area contributed by atoms with Crippen LogP contribution in [0.3, 0.4) is 0 Å². The summed E-state index contributed by atoms with van der Waals surface area (Å²) in [7, 11) is 0. The average molecular weight is 347 g/mol. The minimum Gasteiger partial charge on any atom is -0.350 e. The molecule has 0 unspecified atom stereocenters. The molecule has 128 valence electrons. The molecule has 1 atom stereocenters. The lowest BCUT2D eigenvalue weighted by molar-refractivity contribution is -0.153. The first-order chi connectivity index (χ1) is 11.5. The quantitative estimate of drug-likeness (QED) is 0.884. The minimum atomic E-state index is -0.313. The largest absolute Gasteiger partial charge is 0.350 e. The molecule has 2 fully saturated rings. The molecule has 0 aliphatic carbocycles. The first kappa shape index (κ1) is 16.8. The Bertz CT molecular complexity index is 660. The summed E-state index contributed by atoms with van der Waals surface area (Å²) in [5.74, 6) is 1.20. The van der Waals surface area contributed by atoms with Crippen molar-refractivity contribution >= 4 is 29.5 Å². The second-order valence-electron chi connectivity index (χ2n) is 6.40. The van der Waals surface area contributed by atoms with Crippen LogP contribution in [-0.4, -0.2) is 57.8 Å². The van der Waals surface area contributed by atoms with Gasteiger partial charge in [-0.25, -0.2) is 0 Å². The molecule has 1 aromatic rings. The van der Waals surface area contributed by atoms with E-state index in [0.29, 0.717) is 23.7 Å². The number of carbonyl (C=O) groups is 3. The number of nitrogens with zero attached hydrogens (tertiary/aromatic N) is 2. The molecule has 0 saturated carbocycles. The lowest BCUT2D eigenvalue weighted by atomic mass is 10.1. The topological polar surface area (TPSA) is 69.7 Å². The molecule has 3 rings (SSSR count). The zero-order chi connectivity index (χ0) is 17.3. The molecular weight excluding hydrogens is 326 g/mol. The van der Waals surface area contributed by atoms with Crippen LogP contribution in [0, 0.1) is 0 Å². The van der Waals surface area contributed by atoms with Crippen LogP contribution < -0.4 is 5.32 Å². The highest BCUT2D eigenvalue weighted by Crippen LogP contribution is 2.26. The second-order valence-corrected chi connectivity index (χ2v) is 7.40. The van der Waals surface area contributed by atoms with Crippen molar-refractivity contribution in [1.29, 1.82) is 0 Å². The number of nitrogens with one attached hydrogen (secondary N) is 1. The van der Waals surface area contributed by atoms with Crippen LogP contribution in [0.2, 0.25) is 0 Å². The molecule has 0 spiro atoms. The van der Waals surface area contributed by atoms with Gasteiger partial charge in [-0.05, 0) is 31.5 Å². The van der Waals surface area contributed by atoms with Crippen molar-refractivity contribution < 1.29 is 14.4 Å². The lowest BCUT2D eigenvalue weighted by Gasteiger charge is -2.35. The van der Waals surface area contributed by atoms with E-state index in [2.05, 4.69) is 5.32 Å². The third kappa shape index (κ3) is 3.40. The van der Waals surface area contributed by atoms with Crippen molar-refractivity contribution in [2.24, 2.45) is 0 Å². The minimum absolute atomic E-state index is 0.0116. The Morgan fingerprint density at radius 1 is 1.29 bits per heavy atom. The molecule has 0 bridgehead atoms. The third-order valence-electron chi connectivity index (χ3n) is 4.13. The zero-order valence-corrected chi connectivity index (χ0v) is 14.6. The maximum atomic E-state index is 12.5. The first-order valence-corrected chi connectivity index (χ1v) is 9.17. The van der Waals surface area contributed by atoms with Gasteiger partial charge < -0.3 is 15.1 Å². The van der Waals surface area contributed by atoms with E-state index in [1.807, 2.05) is 26.0 Å². The monoisotopic (exact) mass is 347 g/mol. The van der Waals surface area contributed by atoms with E-state index in [0.717, 1.165) is 5.56 Å². The van der Waals surface area contributed by atoms with Crippen LogP contribution in [0.4, 0.5) is 0 Å². The smallest absolute Gasteiger partial charge is 0.251 e. The average Bonchev–Trinajstić information content (AvgIpc) is 3.03. The Kier molecular flexibility index (Phi) is 4.80. The highest BCUT2D eigenvalue weighted by Gasteiger charge is 2.42. The number of piperazine rings is 1. The molecule has 2 saturated heterocycles. The summed E-state index contributed by atoms with van der Waals surface area (Å²) in [5, 5.41) is 2.84. The Balaban J connectivity index is 1.66. The van der Waals surface area contributed by atoms with E-state index in [-0.39, 0.29) is 36.3 Å². The van der Waals surface area contributed by atoms with Crippen molar-refractivity contribution in [3.63, 3.8) is 0 Å². The predicted octanol–water partition coefficient (Wildman–Crippen LogP) is 1.07. The van der Waals surface area contributed by atoms with Crippen molar-refractivity contribution in [3.05, 3.63) is 35.4 Å². The number of rotatable bonds is 4. The van der Waals surface area contributed by atoms with E-state index in [4.69, 9.17) is 0 Å². The molecule has 1 aromatic carbocycles. The van der Waals surface area contributed by atoms with Gasteiger partial charge in [-0.2, -0.15) is 0 Å². The van der Waals surface area contributed by atoms with Crippen LogP contribution in [0.25, 0.3) is 0 Å². The van der Waals surface area contributed by atoms with E-state index in [9.17, 15) is 14.4 Å². The molecular formula is C17H21N3O3S. The molecule has 3 amide bonds. The van der Waals surface area contributed by atoms with Gasteiger partial charge in [0.15, 0.2) is 0 Å². The number of amides is 3.